The Kier molecular flexibility index (Phi) is 6.08. The molecule has 0 saturated carbocycles. The zero-order chi connectivity index (χ0) is 18.4. The van der Waals surface area contributed by atoms with Crippen LogP contribution in [0.25, 0.3) is 0 Å². The number of nitrogens with one attached hydrogen (secondary N) is 2. The summed E-state index contributed by atoms with van der Waals surface area (Å²) >= 11 is 1.47. The highest BCUT2D eigenvalue weighted by molar-refractivity contribution is 7.10. The van der Waals surface area contributed by atoms with E-state index in [9.17, 15) is 9.59 Å². The standard InChI is InChI=1S/C18H22N4O3S/c19-18(24)21-14(16-6-3-11-26-16)12-17(23)20-13-4-1-2-5-15(13)22-7-9-25-10-8-22/h1-6,11,14H,7-10,12H2,(H,20,23)(H3,19,21,24). The minimum atomic E-state index is -0.648. The number of carbonyl (C=O) groups is 2. The van der Waals surface area contributed by atoms with Crippen LogP contribution in [-0.4, -0.2) is 38.2 Å². The Balaban J connectivity index is 1.70. The number of hydrogen-bond donors (Lipinski definition) is 3. The average Bonchev–Trinajstić information content (AvgIpc) is 3.17. The topological polar surface area (TPSA) is 96.7 Å². The van der Waals surface area contributed by atoms with Crippen LogP contribution in [0.2, 0.25) is 0 Å². The summed E-state index contributed by atoms with van der Waals surface area (Å²) in [5.41, 5.74) is 6.98. The van der Waals surface area contributed by atoms with E-state index in [2.05, 4.69) is 15.5 Å². The van der Waals surface area contributed by atoms with Crippen molar-refractivity contribution in [1.82, 2.24) is 5.32 Å². The number of hydrogen-bond acceptors (Lipinski definition) is 5. The van der Waals surface area contributed by atoms with Crippen molar-refractivity contribution in [3.63, 3.8) is 0 Å². The quantitative estimate of drug-likeness (QED) is 0.723. The molecule has 26 heavy (non-hydrogen) atoms. The van der Waals surface area contributed by atoms with Gasteiger partial charge in [0.05, 0.1) is 37.1 Å². The molecule has 0 radical (unpaired) electrons. The van der Waals surface area contributed by atoms with Crippen LogP contribution in [0.15, 0.2) is 41.8 Å². The molecule has 1 unspecified atom stereocenters. The number of primary amides is 1. The maximum Gasteiger partial charge on any atom is 0.312 e. The van der Waals surface area contributed by atoms with E-state index in [1.54, 1.807) is 0 Å². The van der Waals surface area contributed by atoms with Crippen molar-refractivity contribution in [1.29, 1.82) is 0 Å². The maximum atomic E-state index is 12.6. The summed E-state index contributed by atoms with van der Waals surface area (Å²) in [6.07, 6.45) is 0.112. The molecular formula is C18H22N4O3S. The molecule has 0 aliphatic carbocycles. The Hall–Kier alpha value is -2.58. The minimum Gasteiger partial charge on any atom is -0.378 e. The number of rotatable bonds is 6. The van der Waals surface area contributed by atoms with E-state index in [1.165, 1.54) is 11.3 Å². The number of para-hydroxylation sites is 2. The Morgan fingerprint density at radius 2 is 1.96 bits per heavy atom. The first kappa shape index (κ1) is 18.2. The van der Waals surface area contributed by atoms with Crippen LogP contribution in [-0.2, 0) is 9.53 Å². The van der Waals surface area contributed by atoms with Crippen LogP contribution in [0.1, 0.15) is 17.3 Å². The van der Waals surface area contributed by atoms with E-state index in [0.29, 0.717) is 13.2 Å². The highest BCUT2D eigenvalue weighted by Gasteiger charge is 2.20. The first-order valence-electron chi connectivity index (χ1n) is 8.44. The van der Waals surface area contributed by atoms with Crippen LogP contribution < -0.4 is 21.3 Å². The Morgan fingerprint density at radius 3 is 2.65 bits per heavy atom. The molecule has 8 heteroatoms. The molecule has 1 fully saturated rings. The second kappa shape index (κ2) is 8.68. The fourth-order valence-electron chi connectivity index (χ4n) is 2.93. The van der Waals surface area contributed by atoms with Crippen molar-refractivity contribution in [2.45, 2.75) is 12.5 Å². The van der Waals surface area contributed by atoms with Gasteiger partial charge in [0, 0.05) is 18.0 Å². The molecule has 7 nitrogen and oxygen atoms in total. The second-order valence-corrected chi connectivity index (χ2v) is 6.92. The lowest BCUT2D eigenvalue weighted by Gasteiger charge is -2.30. The second-order valence-electron chi connectivity index (χ2n) is 5.95. The predicted octanol–water partition coefficient (Wildman–Crippen LogP) is 2.32. The molecule has 0 bridgehead atoms. The molecule has 2 heterocycles. The third-order valence-electron chi connectivity index (χ3n) is 4.12. The molecule has 1 aliphatic rings. The molecule has 1 aliphatic heterocycles. The number of benzene rings is 1. The number of ether oxygens (including phenoxy) is 1. The molecule has 3 amide bonds. The number of thiophene rings is 1. The molecular weight excluding hydrogens is 352 g/mol. The molecule has 3 rings (SSSR count). The summed E-state index contributed by atoms with van der Waals surface area (Å²) in [7, 11) is 0. The number of anilines is 2. The number of amides is 3. The normalized spacial score (nSPS) is 15.3. The summed E-state index contributed by atoms with van der Waals surface area (Å²) < 4.78 is 5.39. The van der Waals surface area contributed by atoms with Crippen LogP contribution in [0, 0.1) is 0 Å². The van der Waals surface area contributed by atoms with Gasteiger partial charge in [-0.3, -0.25) is 4.79 Å². The van der Waals surface area contributed by atoms with Crippen LogP contribution >= 0.6 is 11.3 Å². The summed E-state index contributed by atoms with van der Waals surface area (Å²) in [6.45, 7) is 2.92. The summed E-state index contributed by atoms with van der Waals surface area (Å²) in [6, 6.07) is 10.4. The molecule has 1 saturated heterocycles. The fourth-order valence-corrected chi connectivity index (χ4v) is 3.71. The average molecular weight is 374 g/mol. The maximum absolute atomic E-state index is 12.6. The van der Waals surface area contributed by atoms with Gasteiger partial charge in [-0.05, 0) is 23.6 Å². The van der Waals surface area contributed by atoms with Crippen molar-refractivity contribution >= 4 is 34.6 Å². The summed E-state index contributed by atoms with van der Waals surface area (Å²) in [5, 5.41) is 7.50. The van der Waals surface area contributed by atoms with Gasteiger partial charge >= 0.3 is 6.03 Å². The summed E-state index contributed by atoms with van der Waals surface area (Å²) in [5.74, 6) is -0.183. The molecule has 2 aromatic rings. The van der Waals surface area contributed by atoms with E-state index in [0.717, 1.165) is 29.3 Å². The van der Waals surface area contributed by atoms with E-state index in [4.69, 9.17) is 10.5 Å². The monoisotopic (exact) mass is 374 g/mol. The molecule has 138 valence electrons. The molecule has 0 spiro atoms. The molecule has 4 N–H and O–H groups in total. The van der Waals surface area contributed by atoms with Gasteiger partial charge in [0.2, 0.25) is 5.91 Å². The van der Waals surface area contributed by atoms with Gasteiger partial charge in [-0.25, -0.2) is 4.79 Å². The predicted molar refractivity (Wildman–Crippen MR) is 102 cm³/mol. The Bertz CT molecular complexity index is 745. The number of morpholine rings is 1. The van der Waals surface area contributed by atoms with Gasteiger partial charge in [-0.15, -0.1) is 11.3 Å². The molecule has 1 aromatic heterocycles. The Labute approximate surface area is 156 Å². The van der Waals surface area contributed by atoms with E-state index < -0.39 is 12.1 Å². The van der Waals surface area contributed by atoms with E-state index >= 15 is 0 Å². The van der Waals surface area contributed by atoms with Gasteiger partial charge in [-0.2, -0.15) is 0 Å². The fraction of sp³-hybridized carbons (Fsp3) is 0.333. The van der Waals surface area contributed by atoms with Gasteiger partial charge < -0.3 is 26.0 Å². The first-order chi connectivity index (χ1) is 12.6. The van der Waals surface area contributed by atoms with Crippen LogP contribution in [0.4, 0.5) is 16.2 Å². The third kappa shape index (κ3) is 4.74. The molecule has 1 atom stereocenters. The highest BCUT2D eigenvalue weighted by atomic mass is 32.1. The van der Waals surface area contributed by atoms with Crippen LogP contribution in [0.3, 0.4) is 0 Å². The van der Waals surface area contributed by atoms with Gasteiger partial charge in [0.25, 0.3) is 0 Å². The number of nitrogens with two attached hydrogens (primary N) is 1. The van der Waals surface area contributed by atoms with Crippen molar-refractivity contribution in [2.24, 2.45) is 5.73 Å². The van der Waals surface area contributed by atoms with Crippen LogP contribution in [0.5, 0.6) is 0 Å². The lowest BCUT2D eigenvalue weighted by atomic mass is 10.1. The first-order valence-corrected chi connectivity index (χ1v) is 9.32. The number of nitrogens with zero attached hydrogens (tertiary/aromatic N) is 1. The Morgan fingerprint density at radius 1 is 1.19 bits per heavy atom. The van der Waals surface area contributed by atoms with Crippen molar-refractivity contribution in [2.75, 3.05) is 36.5 Å². The zero-order valence-corrected chi connectivity index (χ0v) is 15.1. The SMILES string of the molecule is NC(=O)NC(CC(=O)Nc1ccccc1N1CCOCC1)c1cccs1. The van der Waals surface area contributed by atoms with Crippen molar-refractivity contribution in [3.8, 4) is 0 Å². The zero-order valence-electron chi connectivity index (χ0n) is 14.3. The highest BCUT2D eigenvalue weighted by Crippen LogP contribution is 2.28. The van der Waals surface area contributed by atoms with E-state index in [-0.39, 0.29) is 12.3 Å². The largest absolute Gasteiger partial charge is 0.378 e. The van der Waals surface area contributed by atoms with Gasteiger partial charge in [0.1, 0.15) is 0 Å². The lowest BCUT2D eigenvalue weighted by Crippen LogP contribution is -2.37. The lowest BCUT2D eigenvalue weighted by molar-refractivity contribution is -0.116. The number of urea groups is 1. The summed E-state index contributed by atoms with van der Waals surface area (Å²) in [4.78, 5) is 26.9. The minimum absolute atomic E-state index is 0.112. The smallest absolute Gasteiger partial charge is 0.312 e. The van der Waals surface area contributed by atoms with Crippen molar-refractivity contribution < 1.29 is 14.3 Å². The number of carbonyl (C=O) groups excluding carboxylic acids is 2. The third-order valence-corrected chi connectivity index (χ3v) is 5.11. The molecule has 1 aromatic carbocycles. The van der Waals surface area contributed by atoms with Crippen molar-refractivity contribution in [3.05, 3.63) is 46.7 Å². The van der Waals surface area contributed by atoms with E-state index in [1.807, 2.05) is 41.8 Å². The van der Waals surface area contributed by atoms with Gasteiger partial charge in [-0.1, -0.05) is 18.2 Å². The van der Waals surface area contributed by atoms with Gasteiger partial charge in [0.15, 0.2) is 0 Å².